The number of rotatable bonds is 0. The Morgan fingerprint density at radius 2 is 1.71 bits per heavy atom. The molecule has 5 heteroatoms. The smallest absolute Gasteiger partial charge is 0.203 e. The van der Waals surface area contributed by atoms with Crippen molar-refractivity contribution in [1.29, 1.82) is 0 Å². The van der Waals surface area contributed by atoms with E-state index in [4.69, 9.17) is 4.55 Å². The molecule has 0 atom stereocenters. The number of hydrogen-bond acceptors (Lipinski definition) is 5. The molecule has 0 bridgehead atoms. The predicted octanol–water partition coefficient (Wildman–Crippen LogP) is 0.459. The molecule has 0 fully saturated rings. The lowest BCUT2D eigenvalue weighted by molar-refractivity contribution is 0.553. The molecule has 0 saturated carbocycles. The van der Waals surface area contributed by atoms with Gasteiger partial charge in [0.2, 0.25) is 12.8 Å². The van der Waals surface area contributed by atoms with Gasteiger partial charge in [0, 0.05) is 0 Å². The van der Waals surface area contributed by atoms with Gasteiger partial charge < -0.3 is 8.97 Å². The van der Waals surface area contributed by atoms with Crippen LogP contribution in [0.3, 0.4) is 0 Å². The largest absolute Gasteiger partial charge is 0.431 e. The Morgan fingerprint density at radius 3 is 1.86 bits per heavy atom. The van der Waals surface area contributed by atoms with E-state index in [-0.39, 0.29) is 0 Å². The first-order valence-electron chi connectivity index (χ1n) is 1.39. The van der Waals surface area contributed by atoms with Gasteiger partial charge in [0.1, 0.15) is 0 Å². The molecule has 0 amide bonds. The fourth-order valence-corrected chi connectivity index (χ4v) is 0.136. The second kappa shape index (κ2) is 5.45. The molecule has 0 aliphatic heterocycles. The second-order valence-corrected chi connectivity index (χ2v) is 0.578. The molecule has 7 heavy (non-hydrogen) atoms. The molecule has 0 unspecified atom stereocenters. The van der Waals surface area contributed by atoms with Crippen LogP contribution in [0, 0.1) is 0 Å². The lowest BCUT2D eigenvalue weighted by Gasteiger charge is -1.44. The SMILES string of the molecule is OS.c1nnco1. The normalized spacial score (nSPS) is 6.57. The Morgan fingerprint density at radius 1 is 1.29 bits per heavy atom. The third kappa shape index (κ3) is 3.28. The van der Waals surface area contributed by atoms with E-state index in [9.17, 15) is 0 Å². The van der Waals surface area contributed by atoms with Crippen molar-refractivity contribution in [2.75, 3.05) is 0 Å². The summed E-state index contributed by atoms with van der Waals surface area (Å²) in [5, 5.41) is 6.61. The van der Waals surface area contributed by atoms with Crippen molar-refractivity contribution >= 4 is 12.9 Å². The molecule has 0 aromatic carbocycles. The molecule has 1 N–H and O–H groups in total. The van der Waals surface area contributed by atoms with Gasteiger partial charge in [0.25, 0.3) is 0 Å². The third-order valence-corrected chi connectivity index (χ3v) is 0.283. The lowest BCUT2D eigenvalue weighted by Crippen LogP contribution is -1.53. The summed E-state index contributed by atoms with van der Waals surface area (Å²) in [5.41, 5.74) is 0. The second-order valence-electron chi connectivity index (χ2n) is 0.578. The molecular formula is C2H4N2O2S. The van der Waals surface area contributed by atoms with Crippen LogP contribution in [-0.2, 0) is 0 Å². The van der Waals surface area contributed by atoms with Gasteiger partial charge in [-0.1, -0.05) is 0 Å². The Balaban J connectivity index is 0.000000162. The highest BCUT2D eigenvalue weighted by atomic mass is 32.1. The Bertz CT molecular complexity index is 70.2. The minimum atomic E-state index is 1.26. The summed E-state index contributed by atoms with van der Waals surface area (Å²) in [6, 6.07) is 0. The molecule has 0 spiro atoms. The zero-order chi connectivity index (χ0) is 5.54. The van der Waals surface area contributed by atoms with E-state index in [1.54, 1.807) is 0 Å². The summed E-state index contributed by atoms with van der Waals surface area (Å²) in [6.07, 6.45) is 2.53. The van der Waals surface area contributed by atoms with Crippen molar-refractivity contribution < 1.29 is 8.97 Å². The van der Waals surface area contributed by atoms with Gasteiger partial charge in [-0.2, -0.15) is 0 Å². The van der Waals surface area contributed by atoms with E-state index in [1.165, 1.54) is 12.8 Å². The van der Waals surface area contributed by atoms with Gasteiger partial charge in [-0.25, -0.2) is 0 Å². The Labute approximate surface area is 45.8 Å². The van der Waals surface area contributed by atoms with Crippen molar-refractivity contribution in [2.24, 2.45) is 0 Å². The van der Waals surface area contributed by atoms with E-state index in [2.05, 4.69) is 27.5 Å². The predicted molar refractivity (Wildman–Crippen MR) is 25.9 cm³/mol. The zero-order valence-electron chi connectivity index (χ0n) is 3.35. The molecular weight excluding hydrogens is 116 g/mol. The van der Waals surface area contributed by atoms with Crippen LogP contribution in [0.1, 0.15) is 0 Å². The van der Waals surface area contributed by atoms with Crippen LogP contribution in [0.25, 0.3) is 0 Å². The van der Waals surface area contributed by atoms with E-state index in [0.29, 0.717) is 0 Å². The lowest BCUT2D eigenvalue weighted by atomic mass is 11.5. The van der Waals surface area contributed by atoms with E-state index < -0.39 is 0 Å². The van der Waals surface area contributed by atoms with Gasteiger partial charge in [-0.15, -0.1) is 10.2 Å². The minimum absolute atomic E-state index is 1.26. The standard InChI is InChI=1S/C2H2N2O.H2OS/c1-3-4-2-5-1;1-2/h1-2H;1-2H. The zero-order valence-corrected chi connectivity index (χ0v) is 4.25. The summed E-state index contributed by atoms with van der Waals surface area (Å²) in [7, 11) is 0. The topological polar surface area (TPSA) is 59.2 Å². The van der Waals surface area contributed by atoms with Crippen LogP contribution in [0.15, 0.2) is 17.2 Å². The number of aromatic nitrogens is 2. The highest BCUT2D eigenvalue weighted by Gasteiger charge is 1.60. The van der Waals surface area contributed by atoms with Crippen LogP contribution in [0.4, 0.5) is 0 Å². The number of thiol groups is 1. The van der Waals surface area contributed by atoms with E-state index in [1.807, 2.05) is 0 Å². The Hall–Kier alpha value is -0.550. The van der Waals surface area contributed by atoms with Crippen molar-refractivity contribution in [2.45, 2.75) is 0 Å². The Kier molecular flexibility index (Phi) is 5.02. The summed E-state index contributed by atoms with van der Waals surface area (Å²) in [4.78, 5) is 0. The molecule has 1 heterocycles. The number of nitrogens with zero attached hydrogens (tertiary/aromatic N) is 2. The van der Waals surface area contributed by atoms with Crippen LogP contribution in [0.5, 0.6) is 0 Å². The molecule has 4 nitrogen and oxygen atoms in total. The molecule has 0 radical (unpaired) electrons. The highest BCUT2D eigenvalue weighted by Crippen LogP contribution is 1.64. The van der Waals surface area contributed by atoms with Gasteiger partial charge in [-0.05, 0) is 12.9 Å². The molecule has 40 valence electrons. The first-order chi connectivity index (χ1) is 3.50. The van der Waals surface area contributed by atoms with Crippen LogP contribution < -0.4 is 0 Å². The van der Waals surface area contributed by atoms with Gasteiger partial charge >= 0.3 is 0 Å². The van der Waals surface area contributed by atoms with E-state index >= 15 is 0 Å². The fraction of sp³-hybridized carbons (Fsp3) is 0. The summed E-state index contributed by atoms with van der Waals surface area (Å²) < 4.78 is 11.1. The quantitative estimate of drug-likeness (QED) is 0.385. The fourth-order valence-electron chi connectivity index (χ4n) is 0.136. The molecule has 0 saturated heterocycles. The molecule has 1 aromatic rings. The van der Waals surface area contributed by atoms with Crippen molar-refractivity contribution in [3.05, 3.63) is 12.8 Å². The first-order valence-corrected chi connectivity index (χ1v) is 1.79. The summed E-state index contributed by atoms with van der Waals surface area (Å²) >= 11 is 2.53. The molecule has 0 aliphatic carbocycles. The monoisotopic (exact) mass is 120 g/mol. The number of hydrogen-bond donors (Lipinski definition) is 2. The third-order valence-electron chi connectivity index (χ3n) is 0.283. The van der Waals surface area contributed by atoms with Gasteiger partial charge in [0.05, 0.1) is 0 Å². The first kappa shape index (κ1) is 6.45. The average molecular weight is 120 g/mol. The minimum Gasteiger partial charge on any atom is -0.431 e. The van der Waals surface area contributed by atoms with Crippen molar-refractivity contribution in [3.8, 4) is 0 Å². The maximum Gasteiger partial charge on any atom is 0.203 e. The van der Waals surface area contributed by atoms with Crippen LogP contribution in [-0.4, -0.2) is 14.8 Å². The summed E-state index contributed by atoms with van der Waals surface area (Å²) in [6.45, 7) is 0. The van der Waals surface area contributed by atoms with Crippen molar-refractivity contribution in [3.63, 3.8) is 0 Å². The van der Waals surface area contributed by atoms with Crippen LogP contribution >= 0.6 is 12.9 Å². The molecule has 1 aromatic heterocycles. The average Bonchev–Trinajstić information content (AvgIpc) is 2.23. The van der Waals surface area contributed by atoms with Crippen molar-refractivity contribution in [1.82, 2.24) is 10.2 Å². The highest BCUT2D eigenvalue weighted by molar-refractivity contribution is 7.74. The molecule has 0 aliphatic rings. The van der Waals surface area contributed by atoms with E-state index in [0.717, 1.165) is 0 Å². The maximum atomic E-state index is 6.69. The maximum absolute atomic E-state index is 6.69. The van der Waals surface area contributed by atoms with Gasteiger partial charge in [0.15, 0.2) is 0 Å². The molecule has 1 rings (SSSR count). The summed E-state index contributed by atoms with van der Waals surface area (Å²) in [5.74, 6) is 0. The van der Waals surface area contributed by atoms with Gasteiger partial charge in [-0.3, -0.25) is 0 Å². The van der Waals surface area contributed by atoms with Crippen LogP contribution in [0.2, 0.25) is 0 Å².